The standard InChI is InChI=1S/C20H20N2O2/c1-20(13-21)10-3-11-22(14-20)19(24)17-5-2-4-16(12-17)15-6-8-18(23)9-7-15/h2,4-9,12,23H,3,10-11,14H2,1H3/t20-/m0/s1. The van der Waals surface area contributed by atoms with Gasteiger partial charge < -0.3 is 10.0 Å². The number of hydrogen-bond donors (Lipinski definition) is 1. The van der Waals surface area contributed by atoms with Gasteiger partial charge in [-0.3, -0.25) is 4.79 Å². The smallest absolute Gasteiger partial charge is 0.253 e. The molecule has 24 heavy (non-hydrogen) atoms. The molecule has 3 rings (SSSR count). The minimum atomic E-state index is -0.456. The van der Waals surface area contributed by atoms with Gasteiger partial charge in [-0.1, -0.05) is 24.3 Å². The highest BCUT2D eigenvalue weighted by Crippen LogP contribution is 2.30. The molecule has 0 aliphatic carbocycles. The Kier molecular flexibility index (Phi) is 4.26. The van der Waals surface area contributed by atoms with Gasteiger partial charge in [-0.2, -0.15) is 5.26 Å². The van der Waals surface area contributed by atoms with Crippen LogP contribution in [0, 0.1) is 16.7 Å². The largest absolute Gasteiger partial charge is 0.508 e. The summed E-state index contributed by atoms with van der Waals surface area (Å²) in [6, 6.07) is 16.7. The molecule has 122 valence electrons. The van der Waals surface area contributed by atoms with Crippen LogP contribution in [-0.4, -0.2) is 29.0 Å². The Labute approximate surface area is 142 Å². The van der Waals surface area contributed by atoms with E-state index < -0.39 is 5.41 Å². The zero-order valence-electron chi connectivity index (χ0n) is 13.7. The monoisotopic (exact) mass is 320 g/mol. The predicted molar refractivity (Wildman–Crippen MR) is 92.4 cm³/mol. The maximum Gasteiger partial charge on any atom is 0.253 e. The van der Waals surface area contributed by atoms with Crippen LogP contribution in [0.15, 0.2) is 48.5 Å². The number of phenolic OH excluding ortho intramolecular Hbond substituents is 1. The first kappa shape index (κ1) is 16.1. The van der Waals surface area contributed by atoms with Crippen molar-refractivity contribution in [2.75, 3.05) is 13.1 Å². The van der Waals surface area contributed by atoms with Crippen molar-refractivity contribution in [1.29, 1.82) is 5.26 Å². The molecule has 1 heterocycles. The summed E-state index contributed by atoms with van der Waals surface area (Å²) in [5.74, 6) is 0.187. The van der Waals surface area contributed by atoms with E-state index in [-0.39, 0.29) is 11.7 Å². The van der Waals surface area contributed by atoms with Gasteiger partial charge >= 0.3 is 0 Å². The molecule has 1 atom stereocenters. The fraction of sp³-hybridized carbons (Fsp3) is 0.300. The molecule has 0 aromatic heterocycles. The Morgan fingerprint density at radius 1 is 1.21 bits per heavy atom. The van der Waals surface area contributed by atoms with E-state index >= 15 is 0 Å². The molecule has 0 unspecified atom stereocenters. The number of carbonyl (C=O) groups is 1. The molecule has 0 radical (unpaired) electrons. The van der Waals surface area contributed by atoms with Crippen LogP contribution in [0.4, 0.5) is 0 Å². The fourth-order valence-corrected chi connectivity index (χ4v) is 3.17. The number of hydrogen-bond acceptors (Lipinski definition) is 3. The van der Waals surface area contributed by atoms with E-state index in [1.54, 1.807) is 17.0 Å². The van der Waals surface area contributed by atoms with Gasteiger partial charge in [0.05, 0.1) is 11.5 Å². The molecule has 1 amide bonds. The molecule has 2 aromatic carbocycles. The van der Waals surface area contributed by atoms with E-state index in [0.717, 1.165) is 24.0 Å². The van der Waals surface area contributed by atoms with Gasteiger partial charge in [0.1, 0.15) is 5.75 Å². The summed E-state index contributed by atoms with van der Waals surface area (Å²) in [4.78, 5) is 14.6. The molecule has 1 aliphatic rings. The predicted octanol–water partition coefficient (Wildman–Crippen LogP) is 3.83. The Hall–Kier alpha value is -2.80. The number of likely N-dealkylation sites (tertiary alicyclic amines) is 1. The summed E-state index contributed by atoms with van der Waals surface area (Å²) >= 11 is 0. The third-order valence-corrected chi connectivity index (χ3v) is 4.56. The zero-order chi connectivity index (χ0) is 17.2. The molecule has 1 aliphatic heterocycles. The van der Waals surface area contributed by atoms with Crippen LogP contribution in [0.5, 0.6) is 5.75 Å². The van der Waals surface area contributed by atoms with Crippen molar-refractivity contribution in [3.8, 4) is 22.9 Å². The molecular weight excluding hydrogens is 300 g/mol. The van der Waals surface area contributed by atoms with Gasteiger partial charge in [0.2, 0.25) is 0 Å². The van der Waals surface area contributed by atoms with E-state index in [2.05, 4.69) is 6.07 Å². The lowest BCUT2D eigenvalue weighted by Crippen LogP contribution is -2.44. The molecule has 0 saturated carbocycles. The third-order valence-electron chi connectivity index (χ3n) is 4.56. The molecule has 2 aromatic rings. The fourth-order valence-electron chi connectivity index (χ4n) is 3.17. The van der Waals surface area contributed by atoms with Crippen molar-refractivity contribution in [2.24, 2.45) is 5.41 Å². The quantitative estimate of drug-likeness (QED) is 0.914. The highest BCUT2D eigenvalue weighted by Gasteiger charge is 2.33. The second-order valence-electron chi connectivity index (χ2n) is 6.63. The minimum Gasteiger partial charge on any atom is -0.508 e. The van der Waals surface area contributed by atoms with Gasteiger partial charge in [0.25, 0.3) is 5.91 Å². The molecule has 1 saturated heterocycles. The van der Waals surface area contributed by atoms with Crippen molar-refractivity contribution in [3.63, 3.8) is 0 Å². The zero-order valence-corrected chi connectivity index (χ0v) is 13.7. The van der Waals surface area contributed by atoms with Crippen molar-refractivity contribution in [1.82, 2.24) is 4.90 Å². The molecular formula is C20H20N2O2. The number of amides is 1. The Bertz CT molecular complexity index is 792. The first-order valence-corrected chi connectivity index (χ1v) is 8.11. The van der Waals surface area contributed by atoms with Crippen LogP contribution >= 0.6 is 0 Å². The van der Waals surface area contributed by atoms with E-state index in [1.165, 1.54) is 0 Å². The molecule has 0 bridgehead atoms. The van der Waals surface area contributed by atoms with Crippen LogP contribution in [0.1, 0.15) is 30.1 Å². The third kappa shape index (κ3) is 3.26. The second kappa shape index (κ2) is 6.37. The minimum absolute atomic E-state index is 0.0307. The topological polar surface area (TPSA) is 64.3 Å². The first-order valence-electron chi connectivity index (χ1n) is 8.11. The van der Waals surface area contributed by atoms with Crippen LogP contribution in [-0.2, 0) is 0 Å². The highest BCUT2D eigenvalue weighted by molar-refractivity contribution is 5.95. The van der Waals surface area contributed by atoms with Crippen molar-refractivity contribution < 1.29 is 9.90 Å². The molecule has 1 fully saturated rings. The normalized spacial score (nSPS) is 20.4. The summed E-state index contributed by atoms with van der Waals surface area (Å²) in [7, 11) is 0. The van der Waals surface area contributed by atoms with Crippen molar-refractivity contribution in [3.05, 3.63) is 54.1 Å². The number of carbonyl (C=O) groups excluding carboxylic acids is 1. The van der Waals surface area contributed by atoms with Crippen LogP contribution in [0.3, 0.4) is 0 Å². The summed E-state index contributed by atoms with van der Waals surface area (Å²) < 4.78 is 0. The lowest BCUT2D eigenvalue weighted by molar-refractivity contribution is 0.0630. The van der Waals surface area contributed by atoms with Crippen LogP contribution < -0.4 is 0 Å². The lowest BCUT2D eigenvalue weighted by atomic mass is 9.83. The molecule has 1 N–H and O–H groups in total. The lowest BCUT2D eigenvalue weighted by Gasteiger charge is -2.36. The number of benzene rings is 2. The number of aromatic hydroxyl groups is 1. The summed E-state index contributed by atoms with van der Waals surface area (Å²) in [6.07, 6.45) is 1.69. The Morgan fingerprint density at radius 3 is 2.67 bits per heavy atom. The first-order chi connectivity index (χ1) is 11.5. The SMILES string of the molecule is C[C@@]1(C#N)CCCN(C(=O)c2cccc(-c3ccc(O)cc3)c2)C1. The second-order valence-corrected chi connectivity index (χ2v) is 6.63. The van der Waals surface area contributed by atoms with Gasteiger partial charge in [0.15, 0.2) is 0 Å². The van der Waals surface area contributed by atoms with Crippen molar-refractivity contribution >= 4 is 5.91 Å². The van der Waals surface area contributed by atoms with Gasteiger partial charge in [-0.05, 0) is 55.2 Å². The van der Waals surface area contributed by atoms with Crippen molar-refractivity contribution in [2.45, 2.75) is 19.8 Å². The van der Waals surface area contributed by atoms with E-state index in [4.69, 9.17) is 0 Å². The molecule has 4 heteroatoms. The van der Waals surface area contributed by atoms with E-state index in [0.29, 0.717) is 18.7 Å². The summed E-state index contributed by atoms with van der Waals surface area (Å²) in [5.41, 5.74) is 2.05. The van der Waals surface area contributed by atoms with Crippen LogP contribution in [0.25, 0.3) is 11.1 Å². The maximum atomic E-state index is 12.8. The van der Waals surface area contributed by atoms with Gasteiger partial charge in [0, 0.05) is 18.7 Å². The highest BCUT2D eigenvalue weighted by atomic mass is 16.3. The molecule has 4 nitrogen and oxygen atoms in total. The average molecular weight is 320 g/mol. The number of rotatable bonds is 2. The number of nitrogens with zero attached hydrogens (tertiary/aromatic N) is 2. The number of phenols is 1. The van der Waals surface area contributed by atoms with Gasteiger partial charge in [-0.25, -0.2) is 0 Å². The van der Waals surface area contributed by atoms with Crippen LogP contribution in [0.2, 0.25) is 0 Å². The average Bonchev–Trinajstić information content (AvgIpc) is 2.62. The van der Waals surface area contributed by atoms with Gasteiger partial charge in [-0.15, -0.1) is 0 Å². The Morgan fingerprint density at radius 2 is 1.96 bits per heavy atom. The van der Waals surface area contributed by atoms with E-state index in [9.17, 15) is 15.2 Å². The maximum absolute atomic E-state index is 12.8. The Balaban J connectivity index is 1.85. The number of piperidine rings is 1. The molecule has 0 spiro atoms. The summed E-state index contributed by atoms with van der Waals surface area (Å²) in [6.45, 7) is 3.09. The summed E-state index contributed by atoms with van der Waals surface area (Å²) in [5, 5.41) is 18.7. The number of nitriles is 1. The van der Waals surface area contributed by atoms with E-state index in [1.807, 2.05) is 43.3 Å².